The summed E-state index contributed by atoms with van der Waals surface area (Å²) in [6.45, 7) is 4.86. The maximum Gasteiger partial charge on any atom is 0.287 e. The molecule has 0 spiro atoms. The van der Waals surface area contributed by atoms with Gasteiger partial charge in [-0.25, -0.2) is 17.6 Å². The fourth-order valence-electron chi connectivity index (χ4n) is 1.60. The molecular formula is C13H18N2O4S2. The molecule has 1 aromatic heterocycles. The summed E-state index contributed by atoms with van der Waals surface area (Å²) in [5.41, 5.74) is 7.14. The molecule has 0 amide bonds. The summed E-state index contributed by atoms with van der Waals surface area (Å²) in [6.07, 6.45) is 0. The maximum absolute atomic E-state index is 12.1. The van der Waals surface area contributed by atoms with E-state index in [2.05, 4.69) is 4.98 Å². The Morgan fingerprint density at radius 1 is 1.33 bits per heavy atom. The van der Waals surface area contributed by atoms with Gasteiger partial charge in [0.25, 0.3) is 5.22 Å². The van der Waals surface area contributed by atoms with Crippen molar-refractivity contribution in [2.24, 2.45) is 0 Å². The molecule has 0 aliphatic heterocycles. The third-order valence-corrected chi connectivity index (χ3v) is 7.06. The van der Waals surface area contributed by atoms with Crippen LogP contribution in [0.2, 0.25) is 0 Å². The molecule has 21 heavy (non-hydrogen) atoms. The van der Waals surface area contributed by atoms with E-state index in [0.29, 0.717) is 16.8 Å². The number of sulfone groups is 1. The molecule has 1 atom stereocenters. The Hall–Kier alpha value is -1.41. The zero-order valence-electron chi connectivity index (χ0n) is 12.1. The van der Waals surface area contributed by atoms with Gasteiger partial charge in [0.15, 0.2) is 15.4 Å². The van der Waals surface area contributed by atoms with Crippen LogP contribution in [0.5, 0.6) is 0 Å². The highest BCUT2D eigenvalue weighted by Gasteiger charge is 2.29. The van der Waals surface area contributed by atoms with Gasteiger partial charge in [0, 0.05) is 17.5 Å². The van der Waals surface area contributed by atoms with Crippen LogP contribution >= 0.6 is 0 Å². The van der Waals surface area contributed by atoms with E-state index in [9.17, 15) is 12.6 Å². The SMILES string of the molecule is CC(C)(C)S(=O)(=O)CCS(=O)c1nc2ccc(N)cc2o1. The Kier molecular flexibility index (Phi) is 4.12. The zero-order chi connectivity index (χ0) is 15.8. The van der Waals surface area contributed by atoms with E-state index in [1.54, 1.807) is 39.0 Å². The summed E-state index contributed by atoms with van der Waals surface area (Å²) in [5.74, 6) is -0.216. The van der Waals surface area contributed by atoms with Crippen molar-refractivity contribution in [1.82, 2.24) is 4.98 Å². The Morgan fingerprint density at radius 2 is 2.00 bits per heavy atom. The van der Waals surface area contributed by atoms with E-state index in [1.807, 2.05) is 0 Å². The number of rotatable bonds is 4. The van der Waals surface area contributed by atoms with E-state index >= 15 is 0 Å². The lowest BCUT2D eigenvalue weighted by molar-refractivity contribution is 0.478. The van der Waals surface area contributed by atoms with Crippen molar-refractivity contribution in [2.45, 2.75) is 30.7 Å². The summed E-state index contributed by atoms with van der Waals surface area (Å²) in [5, 5.41) is 0.0275. The van der Waals surface area contributed by atoms with Crippen LogP contribution in [0.3, 0.4) is 0 Å². The molecule has 116 valence electrons. The van der Waals surface area contributed by atoms with Crippen LogP contribution in [-0.2, 0) is 20.6 Å². The molecule has 0 aliphatic carbocycles. The van der Waals surface area contributed by atoms with Crippen molar-refractivity contribution < 1.29 is 17.0 Å². The van der Waals surface area contributed by atoms with Crippen LogP contribution in [0.4, 0.5) is 5.69 Å². The second-order valence-electron chi connectivity index (χ2n) is 5.69. The van der Waals surface area contributed by atoms with Gasteiger partial charge in [-0.2, -0.15) is 0 Å². The third kappa shape index (κ3) is 3.44. The topological polar surface area (TPSA) is 103 Å². The first-order valence-corrected chi connectivity index (χ1v) is 9.34. The molecule has 1 heterocycles. The molecule has 0 saturated heterocycles. The minimum Gasteiger partial charge on any atom is -0.430 e. The van der Waals surface area contributed by atoms with Crippen LogP contribution in [0.1, 0.15) is 20.8 Å². The van der Waals surface area contributed by atoms with Crippen molar-refractivity contribution in [2.75, 3.05) is 17.2 Å². The Bertz CT molecular complexity index is 788. The highest BCUT2D eigenvalue weighted by atomic mass is 32.2. The van der Waals surface area contributed by atoms with Gasteiger partial charge < -0.3 is 10.2 Å². The summed E-state index contributed by atoms with van der Waals surface area (Å²) in [4.78, 5) is 4.10. The van der Waals surface area contributed by atoms with Crippen LogP contribution in [0.25, 0.3) is 11.1 Å². The van der Waals surface area contributed by atoms with Crippen LogP contribution in [0.15, 0.2) is 27.8 Å². The highest BCUT2D eigenvalue weighted by molar-refractivity contribution is 7.94. The number of fused-ring (bicyclic) bond motifs is 1. The molecular weight excluding hydrogens is 312 g/mol. The largest absolute Gasteiger partial charge is 0.430 e. The number of nitrogens with two attached hydrogens (primary N) is 1. The lowest BCUT2D eigenvalue weighted by Crippen LogP contribution is -2.32. The molecule has 0 bridgehead atoms. The lowest BCUT2D eigenvalue weighted by atomic mass is 10.3. The predicted octanol–water partition coefficient (Wildman–Crippen LogP) is 1.73. The van der Waals surface area contributed by atoms with E-state index in [1.165, 1.54) is 0 Å². The number of hydrogen-bond acceptors (Lipinski definition) is 6. The molecule has 0 radical (unpaired) electrons. The number of benzene rings is 1. The quantitative estimate of drug-likeness (QED) is 0.856. The van der Waals surface area contributed by atoms with Gasteiger partial charge >= 0.3 is 0 Å². The Balaban J connectivity index is 2.16. The van der Waals surface area contributed by atoms with Crippen LogP contribution in [0, 0.1) is 0 Å². The second-order valence-corrected chi connectivity index (χ2v) is 10.00. The predicted molar refractivity (Wildman–Crippen MR) is 83.2 cm³/mol. The fourth-order valence-corrected chi connectivity index (χ4v) is 4.25. The summed E-state index contributed by atoms with van der Waals surface area (Å²) >= 11 is 0. The first-order chi connectivity index (χ1) is 9.60. The van der Waals surface area contributed by atoms with Crippen molar-refractivity contribution in [3.8, 4) is 0 Å². The number of anilines is 1. The molecule has 6 nitrogen and oxygen atoms in total. The molecule has 8 heteroatoms. The number of nitrogen functional groups attached to an aromatic ring is 1. The highest BCUT2D eigenvalue weighted by Crippen LogP contribution is 2.21. The average Bonchev–Trinajstić information content (AvgIpc) is 2.77. The molecule has 2 N–H and O–H groups in total. The number of hydrogen-bond donors (Lipinski definition) is 1. The van der Waals surface area contributed by atoms with Gasteiger partial charge in [-0.15, -0.1) is 0 Å². The molecule has 1 aromatic carbocycles. The van der Waals surface area contributed by atoms with E-state index in [0.717, 1.165) is 0 Å². The van der Waals surface area contributed by atoms with Gasteiger partial charge in [-0.05, 0) is 32.9 Å². The number of nitrogens with zero attached hydrogens (tertiary/aromatic N) is 1. The van der Waals surface area contributed by atoms with Crippen molar-refractivity contribution in [3.63, 3.8) is 0 Å². The molecule has 0 fully saturated rings. The maximum atomic E-state index is 12.1. The standard InChI is InChI=1S/C13H18N2O4S2/c1-13(2,3)21(17,18)7-6-20(16)12-15-10-5-4-9(14)8-11(10)19-12/h4-5,8H,6-7,14H2,1-3H3. The van der Waals surface area contributed by atoms with Crippen LogP contribution in [-0.4, -0.2) is 33.9 Å². The van der Waals surface area contributed by atoms with Gasteiger partial charge in [0.2, 0.25) is 0 Å². The monoisotopic (exact) mass is 330 g/mol. The number of aromatic nitrogens is 1. The van der Waals surface area contributed by atoms with E-state index in [4.69, 9.17) is 10.2 Å². The fraction of sp³-hybridized carbons (Fsp3) is 0.462. The van der Waals surface area contributed by atoms with Crippen molar-refractivity contribution in [1.29, 1.82) is 0 Å². The first-order valence-electron chi connectivity index (χ1n) is 6.37. The van der Waals surface area contributed by atoms with E-state index in [-0.39, 0.29) is 16.7 Å². The molecule has 1 unspecified atom stereocenters. The molecule has 2 aromatic rings. The smallest absolute Gasteiger partial charge is 0.287 e. The summed E-state index contributed by atoms with van der Waals surface area (Å²) < 4.78 is 40.6. The average molecular weight is 330 g/mol. The molecule has 0 aliphatic rings. The van der Waals surface area contributed by atoms with Gasteiger partial charge in [-0.3, -0.25) is 0 Å². The van der Waals surface area contributed by atoms with Crippen LogP contribution < -0.4 is 5.73 Å². The summed E-state index contributed by atoms with van der Waals surface area (Å²) in [7, 11) is -4.92. The molecule has 0 saturated carbocycles. The molecule has 2 rings (SSSR count). The third-order valence-electron chi connectivity index (χ3n) is 3.06. The van der Waals surface area contributed by atoms with Crippen molar-refractivity contribution >= 4 is 37.4 Å². The second kappa shape index (κ2) is 5.42. The lowest BCUT2D eigenvalue weighted by Gasteiger charge is -2.18. The van der Waals surface area contributed by atoms with Gasteiger partial charge in [0.1, 0.15) is 16.3 Å². The van der Waals surface area contributed by atoms with Gasteiger partial charge in [-0.1, -0.05) is 0 Å². The summed E-state index contributed by atoms with van der Waals surface area (Å²) in [6, 6.07) is 4.93. The van der Waals surface area contributed by atoms with Gasteiger partial charge in [0.05, 0.1) is 10.5 Å². The zero-order valence-corrected chi connectivity index (χ0v) is 13.8. The Morgan fingerprint density at radius 3 is 2.62 bits per heavy atom. The minimum atomic E-state index is -3.32. The normalized spacial score (nSPS) is 14.4. The van der Waals surface area contributed by atoms with E-state index < -0.39 is 25.4 Å². The minimum absolute atomic E-state index is 0.0275. The Labute approximate surface area is 126 Å². The van der Waals surface area contributed by atoms with Crippen molar-refractivity contribution in [3.05, 3.63) is 18.2 Å². The number of oxazole rings is 1. The first kappa shape index (κ1) is 16.0.